The fourth-order valence-electron chi connectivity index (χ4n) is 3.41. The Morgan fingerprint density at radius 3 is 2.04 bits per heavy atom. The van der Waals surface area contributed by atoms with Crippen LogP contribution in [-0.4, -0.2) is 31.1 Å². The second-order valence-electron chi connectivity index (χ2n) is 6.78. The molecule has 0 radical (unpaired) electrons. The van der Waals surface area contributed by atoms with Crippen molar-refractivity contribution in [1.82, 2.24) is 10.2 Å². The van der Waals surface area contributed by atoms with Crippen molar-refractivity contribution in [2.24, 2.45) is 5.92 Å². The molecule has 1 saturated heterocycles. The molecule has 1 aromatic rings. The lowest BCUT2D eigenvalue weighted by molar-refractivity contribution is -0.142. The number of rotatable bonds is 4. The molecule has 10 heteroatoms. The maximum atomic E-state index is 13.4. The van der Waals surface area contributed by atoms with Crippen LogP contribution in [0.2, 0.25) is 0 Å². The Bertz CT molecular complexity index is 610. The number of halogens is 8. The molecule has 3 rings (SSSR count). The predicted molar refractivity (Wildman–Crippen MR) is 95.5 cm³/mol. The number of hydrogen-bond acceptors (Lipinski definition) is 2. The van der Waals surface area contributed by atoms with Crippen LogP contribution in [0.4, 0.5) is 26.3 Å². The summed E-state index contributed by atoms with van der Waals surface area (Å²) >= 11 is 0. The number of hydrogen-bond donors (Lipinski definition) is 1. The quantitative estimate of drug-likeness (QED) is 0.640. The fourth-order valence-corrected chi connectivity index (χ4v) is 3.41. The fraction of sp³-hybridized carbons (Fsp3) is 0.647. The zero-order valence-corrected chi connectivity index (χ0v) is 16.0. The van der Waals surface area contributed by atoms with E-state index in [-0.39, 0.29) is 30.4 Å². The van der Waals surface area contributed by atoms with Crippen LogP contribution in [-0.2, 0) is 12.4 Å². The van der Waals surface area contributed by atoms with E-state index in [4.69, 9.17) is 0 Å². The minimum absolute atomic E-state index is 0. The molecule has 2 aliphatic rings. The second-order valence-corrected chi connectivity index (χ2v) is 6.78. The third-order valence-corrected chi connectivity index (χ3v) is 4.89. The van der Waals surface area contributed by atoms with E-state index in [0.717, 1.165) is 12.8 Å². The summed E-state index contributed by atoms with van der Waals surface area (Å²) in [7, 11) is 0. The molecule has 0 spiro atoms. The van der Waals surface area contributed by atoms with Crippen molar-refractivity contribution in [2.75, 3.05) is 26.2 Å². The van der Waals surface area contributed by atoms with E-state index in [9.17, 15) is 26.3 Å². The van der Waals surface area contributed by atoms with Crippen LogP contribution in [0.5, 0.6) is 0 Å². The summed E-state index contributed by atoms with van der Waals surface area (Å²) in [5, 5.41) is 3.13. The van der Waals surface area contributed by atoms with Gasteiger partial charge in [-0.3, -0.25) is 4.90 Å². The summed E-state index contributed by atoms with van der Waals surface area (Å²) in [5.41, 5.74) is -2.22. The van der Waals surface area contributed by atoms with Crippen molar-refractivity contribution in [3.05, 3.63) is 34.9 Å². The van der Waals surface area contributed by atoms with Gasteiger partial charge in [0, 0.05) is 32.2 Å². The highest BCUT2D eigenvalue weighted by Crippen LogP contribution is 2.45. The van der Waals surface area contributed by atoms with E-state index in [2.05, 4.69) is 5.32 Å². The van der Waals surface area contributed by atoms with Crippen LogP contribution in [0.25, 0.3) is 0 Å². The summed E-state index contributed by atoms with van der Waals surface area (Å²) in [6, 6.07) is 1.18. The third-order valence-electron chi connectivity index (χ3n) is 4.89. The summed E-state index contributed by atoms with van der Waals surface area (Å²) in [6.45, 7) is 2.32. The van der Waals surface area contributed by atoms with E-state index < -0.39 is 29.5 Å². The topological polar surface area (TPSA) is 15.3 Å². The van der Waals surface area contributed by atoms with Crippen molar-refractivity contribution in [3.8, 4) is 0 Å². The monoisotopic (exact) mass is 438 g/mol. The van der Waals surface area contributed by atoms with Crippen LogP contribution in [0, 0.1) is 5.92 Å². The minimum Gasteiger partial charge on any atom is -0.314 e. The molecule has 0 bridgehead atoms. The second kappa shape index (κ2) is 9.20. The summed E-state index contributed by atoms with van der Waals surface area (Å²) < 4.78 is 79.6. The lowest BCUT2D eigenvalue weighted by Gasteiger charge is -2.36. The van der Waals surface area contributed by atoms with E-state index in [1.54, 1.807) is 0 Å². The first kappa shape index (κ1) is 24.3. The zero-order chi connectivity index (χ0) is 18.2. The van der Waals surface area contributed by atoms with Crippen LogP contribution in [0.1, 0.15) is 42.0 Å². The van der Waals surface area contributed by atoms with Crippen LogP contribution < -0.4 is 5.32 Å². The average molecular weight is 439 g/mol. The van der Waals surface area contributed by atoms with E-state index in [1.807, 2.05) is 4.90 Å². The number of piperazine rings is 1. The van der Waals surface area contributed by atoms with Crippen molar-refractivity contribution >= 4 is 24.8 Å². The van der Waals surface area contributed by atoms with E-state index in [0.29, 0.717) is 56.7 Å². The number of benzene rings is 1. The molecular formula is C17H22Cl2F6N2. The molecular weight excluding hydrogens is 417 g/mol. The lowest BCUT2D eigenvalue weighted by Crippen LogP contribution is -2.45. The van der Waals surface area contributed by atoms with E-state index >= 15 is 0 Å². The van der Waals surface area contributed by atoms with Gasteiger partial charge in [-0.2, -0.15) is 26.3 Å². The highest BCUT2D eigenvalue weighted by atomic mass is 35.5. The normalized spacial score (nSPS) is 19.8. The first-order chi connectivity index (χ1) is 11.7. The molecule has 0 unspecified atom stereocenters. The molecule has 1 aliphatic heterocycles. The summed E-state index contributed by atoms with van der Waals surface area (Å²) in [5.74, 6) is 0.301. The van der Waals surface area contributed by atoms with Crippen molar-refractivity contribution in [3.63, 3.8) is 0 Å². The molecule has 156 valence electrons. The van der Waals surface area contributed by atoms with E-state index in [1.165, 1.54) is 0 Å². The Hall–Kier alpha value is -0.700. The predicted octanol–water partition coefficient (Wildman–Crippen LogP) is 5.31. The van der Waals surface area contributed by atoms with Gasteiger partial charge in [-0.25, -0.2) is 0 Å². The highest BCUT2D eigenvalue weighted by Gasteiger charge is 2.41. The largest absolute Gasteiger partial charge is 0.416 e. The molecule has 2 nitrogen and oxygen atoms in total. The van der Waals surface area contributed by atoms with Gasteiger partial charge in [-0.15, -0.1) is 24.8 Å². The van der Waals surface area contributed by atoms with Gasteiger partial charge in [0.25, 0.3) is 0 Å². The number of nitrogens with one attached hydrogen (secondary N) is 1. The number of nitrogens with zero attached hydrogens (tertiary/aromatic N) is 1. The Labute approximate surface area is 166 Å². The molecule has 27 heavy (non-hydrogen) atoms. The molecule has 1 N–H and O–H groups in total. The van der Waals surface area contributed by atoms with Crippen LogP contribution in [0.15, 0.2) is 18.2 Å². The van der Waals surface area contributed by atoms with Gasteiger partial charge in [0.15, 0.2) is 0 Å². The van der Waals surface area contributed by atoms with Gasteiger partial charge in [0.2, 0.25) is 0 Å². The minimum atomic E-state index is -4.67. The first-order valence-corrected chi connectivity index (χ1v) is 8.39. The zero-order valence-electron chi connectivity index (χ0n) is 14.4. The third kappa shape index (κ3) is 6.14. The standard InChI is InChI=1S/C17H20F6N2.2ClH/c18-16(19,20)12-3-4-14(17(21,22)23)13(10-12)15(9-11-1-2-11)25-7-5-24-6-8-25;;/h3-4,10-11,15,24H,1-2,5-9H2;2*1H/t15-;;/m0../s1. The lowest BCUT2D eigenvalue weighted by atomic mass is 9.92. The van der Waals surface area contributed by atoms with Crippen molar-refractivity contribution in [2.45, 2.75) is 37.7 Å². The molecule has 1 heterocycles. The molecule has 1 aliphatic carbocycles. The molecule has 1 saturated carbocycles. The van der Waals surface area contributed by atoms with Gasteiger partial charge >= 0.3 is 12.4 Å². The molecule has 1 aromatic carbocycles. The molecule has 0 aromatic heterocycles. The number of alkyl halides is 6. The van der Waals surface area contributed by atoms with Crippen molar-refractivity contribution < 1.29 is 26.3 Å². The molecule has 2 fully saturated rings. The maximum Gasteiger partial charge on any atom is 0.416 e. The molecule has 1 atom stereocenters. The SMILES string of the molecule is Cl.Cl.FC(F)(F)c1ccc(C(F)(F)F)c([C@H](CC2CC2)N2CCNCC2)c1. The van der Waals surface area contributed by atoms with Crippen LogP contribution in [0.3, 0.4) is 0 Å². The highest BCUT2D eigenvalue weighted by molar-refractivity contribution is 5.85. The van der Waals surface area contributed by atoms with Gasteiger partial charge in [-0.1, -0.05) is 12.8 Å². The van der Waals surface area contributed by atoms with Gasteiger partial charge < -0.3 is 5.32 Å². The Balaban J connectivity index is 0.00000182. The van der Waals surface area contributed by atoms with Gasteiger partial charge in [0.05, 0.1) is 11.1 Å². The summed E-state index contributed by atoms with van der Waals surface area (Å²) in [6.07, 6.45) is -6.99. The Kier molecular flexibility index (Phi) is 8.29. The summed E-state index contributed by atoms with van der Waals surface area (Å²) in [4.78, 5) is 1.89. The first-order valence-electron chi connectivity index (χ1n) is 8.39. The van der Waals surface area contributed by atoms with Crippen molar-refractivity contribution in [1.29, 1.82) is 0 Å². The molecule has 0 amide bonds. The smallest absolute Gasteiger partial charge is 0.314 e. The van der Waals surface area contributed by atoms with Gasteiger partial charge in [-0.05, 0) is 36.1 Å². The maximum absolute atomic E-state index is 13.4. The van der Waals surface area contributed by atoms with Gasteiger partial charge in [0.1, 0.15) is 0 Å². The van der Waals surface area contributed by atoms with Crippen LogP contribution >= 0.6 is 24.8 Å². The average Bonchev–Trinajstić information content (AvgIpc) is 3.35. The Morgan fingerprint density at radius 2 is 1.56 bits per heavy atom. The Morgan fingerprint density at radius 1 is 0.963 bits per heavy atom.